The first-order valence-electron chi connectivity index (χ1n) is 8.83. The molecular formula is C23H22N2OS2. The van der Waals surface area contributed by atoms with Gasteiger partial charge in [0.15, 0.2) is 0 Å². The van der Waals surface area contributed by atoms with Crippen molar-refractivity contribution in [2.45, 2.75) is 13.8 Å². The van der Waals surface area contributed by atoms with E-state index in [1.165, 1.54) is 21.6 Å². The van der Waals surface area contributed by atoms with Crippen LogP contribution in [0.3, 0.4) is 0 Å². The van der Waals surface area contributed by atoms with Crippen LogP contribution in [0.4, 0.5) is 5.00 Å². The molecular weight excluding hydrogens is 384 g/mol. The smallest absolute Gasteiger partial charge is 0.256 e. The lowest BCUT2D eigenvalue weighted by Crippen LogP contribution is -2.12. The predicted octanol–water partition coefficient (Wildman–Crippen LogP) is 6.57. The predicted molar refractivity (Wildman–Crippen MR) is 123 cm³/mol. The lowest BCUT2D eigenvalue weighted by molar-refractivity contribution is 0.102. The first-order chi connectivity index (χ1) is 13.5. The number of benzene rings is 1. The van der Waals surface area contributed by atoms with Crippen LogP contribution in [0.25, 0.3) is 15.3 Å². The van der Waals surface area contributed by atoms with E-state index in [9.17, 15) is 4.79 Å². The van der Waals surface area contributed by atoms with Gasteiger partial charge in [-0.1, -0.05) is 24.8 Å². The molecule has 142 valence electrons. The fourth-order valence-corrected chi connectivity index (χ4v) is 4.46. The molecule has 2 heterocycles. The number of amides is 1. The van der Waals surface area contributed by atoms with Crippen molar-refractivity contribution in [3.05, 3.63) is 89.8 Å². The van der Waals surface area contributed by atoms with E-state index in [2.05, 4.69) is 54.3 Å². The summed E-state index contributed by atoms with van der Waals surface area (Å²) in [6, 6.07) is 12.2. The van der Waals surface area contributed by atoms with Crippen molar-refractivity contribution in [1.29, 1.82) is 0 Å². The highest BCUT2D eigenvalue weighted by Gasteiger charge is 2.12. The number of carbonyl (C=O) groups excluding carboxylic acids is 1. The second-order valence-corrected chi connectivity index (χ2v) is 8.24. The Kier molecular flexibility index (Phi) is 6.49. The average Bonchev–Trinajstić information content (AvgIpc) is 3.15. The Morgan fingerprint density at radius 3 is 2.71 bits per heavy atom. The molecule has 0 saturated heterocycles. The van der Waals surface area contributed by atoms with E-state index in [1.807, 2.05) is 25.1 Å². The number of pyridine rings is 1. The molecule has 3 aromatic rings. The second-order valence-electron chi connectivity index (χ2n) is 6.31. The highest BCUT2D eigenvalue weighted by molar-refractivity contribution is 8.07. The molecule has 0 bridgehead atoms. The van der Waals surface area contributed by atoms with Crippen LogP contribution in [-0.2, 0) is 0 Å². The third-order valence-corrected chi connectivity index (χ3v) is 6.23. The summed E-state index contributed by atoms with van der Waals surface area (Å²) in [6.07, 6.45) is 9.23. The number of hydrogen-bond donors (Lipinski definition) is 1. The summed E-state index contributed by atoms with van der Waals surface area (Å²) in [6.45, 7) is 7.79. The lowest BCUT2D eigenvalue weighted by atomic mass is 10.0. The Morgan fingerprint density at radius 1 is 1.18 bits per heavy atom. The summed E-state index contributed by atoms with van der Waals surface area (Å²) in [5.74, 6) is -0.114. The molecule has 0 radical (unpaired) electrons. The molecule has 28 heavy (non-hydrogen) atoms. The average molecular weight is 407 g/mol. The largest absolute Gasteiger partial charge is 0.314 e. The fraction of sp³-hybridized carbons (Fsp3) is 0.130. The Labute approximate surface area is 174 Å². The molecule has 2 aromatic heterocycles. The molecule has 0 unspecified atom stereocenters. The van der Waals surface area contributed by atoms with Crippen molar-refractivity contribution in [3.63, 3.8) is 0 Å². The van der Waals surface area contributed by atoms with E-state index in [-0.39, 0.29) is 5.91 Å². The van der Waals surface area contributed by atoms with Gasteiger partial charge in [-0.05, 0) is 72.7 Å². The van der Waals surface area contributed by atoms with Crippen molar-refractivity contribution >= 4 is 38.9 Å². The first-order valence-corrected chi connectivity index (χ1v) is 10.9. The van der Waals surface area contributed by atoms with Gasteiger partial charge in [-0.2, -0.15) is 0 Å². The number of nitrogens with zero attached hydrogens (tertiary/aromatic N) is 1. The highest BCUT2D eigenvalue weighted by atomic mass is 32.2. The topological polar surface area (TPSA) is 42.0 Å². The molecule has 0 atom stereocenters. The van der Waals surface area contributed by atoms with Gasteiger partial charge >= 0.3 is 0 Å². The molecule has 1 N–H and O–H groups in total. The minimum absolute atomic E-state index is 0.114. The number of hydrogen-bond acceptors (Lipinski definition) is 4. The van der Waals surface area contributed by atoms with Crippen molar-refractivity contribution in [1.82, 2.24) is 4.98 Å². The quantitative estimate of drug-likeness (QED) is 0.471. The van der Waals surface area contributed by atoms with Crippen LogP contribution in [0.15, 0.2) is 67.5 Å². The van der Waals surface area contributed by atoms with Crippen LogP contribution in [-0.4, -0.2) is 17.1 Å². The summed E-state index contributed by atoms with van der Waals surface area (Å²) < 4.78 is 0. The molecule has 1 aromatic carbocycles. The number of anilines is 1. The van der Waals surface area contributed by atoms with Gasteiger partial charge in [0.05, 0.1) is 5.00 Å². The van der Waals surface area contributed by atoms with Gasteiger partial charge in [0.2, 0.25) is 0 Å². The molecule has 0 aliphatic heterocycles. The third kappa shape index (κ3) is 4.43. The minimum Gasteiger partial charge on any atom is -0.314 e. The molecule has 0 aliphatic rings. The number of carbonyl (C=O) groups is 1. The molecule has 0 spiro atoms. The van der Waals surface area contributed by atoms with Gasteiger partial charge in [-0.15, -0.1) is 23.1 Å². The molecule has 0 aliphatic carbocycles. The number of rotatable bonds is 6. The third-order valence-electron chi connectivity index (χ3n) is 4.38. The molecule has 1 amide bonds. The van der Waals surface area contributed by atoms with Gasteiger partial charge in [0.1, 0.15) is 0 Å². The number of aromatic nitrogens is 1. The van der Waals surface area contributed by atoms with Gasteiger partial charge in [0.25, 0.3) is 5.91 Å². The number of allylic oxidation sites excluding steroid dienone is 2. The van der Waals surface area contributed by atoms with Crippen LogP contribution in [0.5, 0.6) is 0 Å². The SMILES string of the molecule is C=C/C=C(\SC)c1ccc(C)c(-c2ccc(NC(=O)c3ccncc3C)s2)c1. The fourth-order valence-electron chi connectivity index (χ4n) is 2.89. The summed E-state index contributed by atoms with van der Waals surface area (Å²) in [7, 11) is 0. The Hall–Kier alpha value is -2.63. The maximum absolute atomic E-state index is 12.5. The Morgan fingerprint density at radius 2 is 2.00 bits per heavy atom. The zero-order valence-electron chi connectivity index (χ0n) is 16.2. The number of aryl methyl sites for hydroxylation is 2. The molecule has 0 saturated carbocycles. The molecule has 3 nitrogen and oxygen atoms in total. The number of thioether (sulfide) groups is 1. The van der Waals surface area contributed by atoms with Gasteiger partial charge in [-0.3, -0.25) is 9.78 Å². The van der Waals surface area contributed by atoms with Crippen molar-refractivity contribution in [2.75, 3.05) is 11.6 Å². The van der Waals surface area contributed by atoms with E-state index in [0.29, 0.717) is 5.56 Å². The lowest BCUT2D eigenvalue weighted by Gasteiger charge is -2.09. The second kappa shape index (κ2) is 9.04. The molecule has 0 fully saturated rings. The summed E-state index contributed by atoms with van der Waals surface area (Å²) in [4.78, 5) is 18.9. The van der Waals surface area contributed by atoms with Crippen molar-refractivity contribution < 1.29 is 4.79 Å². The maximum atomic E-state index is 12.5. The normalized spacial score (nSPS) is 11.3. The van der Waals surface area contributed by atoms with Crippen molar-refractivity contribution in [3.8, 4) is 10.4 Å². The number of thiophene rings is 1. The van der Waals surface area contributed by atoms with Crippen LogP contribution >= 0.6 is 23.1 Å². The zero-order valence-corrected chi connectivity index (χ0v) is 17.8. The van der Waals surface area contributed by atoms with Crippen LogP contribution in [0.1, 0.15) is 27.0 Å². The van der Waals surface area contributed by atoms with E-state index in [4.69, 9.17) is 0 Å². The number of nitrogens with one attached hydrogen (secondary N) is 1. The Bertz CT molecular complexity index is 1050. The Balaban J connectivity index is 1.88. The minimum atomic E-state index is -0.114. The van der Waals surface area contributed by atoms with Gasteiger partial charge in [-0.25, -0.2) is 0 Å². The van der Waals surface area contributed by atoms with Crippen LogP contribution in [0.2, 0.25) is 0 Å². The standard InChI is InChI=1S/C23H22N2OS2/c1-5-6-20(27-4)17-8-7-15(2)19(13-17)21-9-10-22(28-21)25-23(26)18-11-12-24-14-16(18)3/h5-14H,1H2,2-4H3,(H,25,26)/b20-6-. The summed E-state index contributed by atoms with van der Waals surface area (Å²) in [5, 5.41) is 3.83. The van der Waals surface area contributed by atoms with E-state index >= 15 is 0 Å². The zero-order chi connectivity index (χ0) is 20.1. The summed E-state index contributed by atoms with van der Waals surface area (Å²) in [5.41, 5.74) is 5.04. The molecule has 3 rings (SSSR count). The van der Waals surface area contributed by atoms with Crippen LogP contribution < -0.4 is 5.32 Å². The first kappa shape index (κ1) is 20.1. The van der Waals surface area contributed by atoms with E-state index < -0.39 is 0 Å². The maximum Gasteiger partial charge on any atom is 0.256 e. The van der Waals surface area contributed by atoms with E-state index in [1.54, 1.807) is 41.6 Å². The van der Waals surface area contributed by atoms with E-state index in [0.717, 1.165) is 15.4 Å². The van der Waals surface area contributed by atoms with Crippen molar-refractivity contribution in [2.24, 2.45) is 0 Å². The van der Waals surface area contributed by atoms with Gasteiger partial charge < -0.3 is 5.32 Å². The monoisotopic (exact) mass is 406 g/mol. The summed E-state index contributed by atoms with van der Waals surface area (Å²) >= 11 is 3.28. The van der Waals surface area contributed by atoms with Crippen LogP contribution in [0, 0.1) is 13.8 Å². The molecule has 5 heteroatoms. The van der Waals surface area contributed by atoms with Gasteiger partial charge in [0, 0.05) is 27.7 Å². The highest BCUT2D eigenvalue weighted by Crippen LogP contribution is 2.36.